The lowest BCUT2D eigenvalue weighted by Gasteiger charge is -2.24. The van der Waals surface area contributed by atoms with Gasteiger partial charge < -0.3 is 16.2 Å². The van der Waals surface area contributed by atoms with Crippen LogP contribution in [0.1, 0.15) is 20.3 Å². The van der Waals surface area contributed by atoms with Gasteiger partial charge in [-0.1, -0.05) is 0 Å². The van der Waals surface area contributed by atoms with Crippen LogP contribution in [-0.2, 0) is 9.59 Å². The summed E-state index contributed by atoms with van der Waals surface area (Å²) in [6.45, 7) is 3.53. The molecule has 7 heteroatoms. The van der Waals surface area contributed by atoms with Crippen molar-refractivity contribution in [1.29, 1.82) is 0 Å². The lowest BCUT2D eigenvalue weighted by Crippen LogP contribution is -2.51. The maximum atomic E-state index is 11.3. The number of amides is 1. The summed E-state index contributed by atoms with van der Waals surface area (Å²) in [5, 5.41) is 10.8. The van der Waals surface area contributed by atoms with Gasteiger partial charge in [-0.15, -0.1) is 12.4 Å². The van der Waals surface area contributed by atoms with E-state index in [1.807, 2.05) is 0 Å². The Morgan fingerprint density at radius 3 is 2.33 bits per heavy atom. The van der Waals surface area contributed by atoms with E-state index in [2.05, 4.69) is 17.9 Å². The van der Waals surface area contributed by atoms with Crippen LogP contribution in [0.15, 0.2) is 0 Å². The van der Waals surface area contributed by atoms with Crippen molar-refractivity contribution in [2.24, 2.45) is 5.73 Å². The number of carbonyl (C=O) groups excluding carboxylic acids is 1. The molecule has 1 amide bonds. The van der Waals surface area contributed by atoms with Crippen LogP contribution in [0.4, 0.5) is 0 Å². The second-order valence-corrected chi connectivity index (χ2v) is 4.72. The lowest BCUT2D eigenvalue weighted by molar-refractivity contribution is -0.136. The van der Waals surface area contributed by atoms with E-state index in [1.165, 1.54) is 0 Å². The molecule has 0 unspecified atom stereocenters. The van der Waals surface area contributed by atoms with Crippen molar-refractivity contribution in [3.05, 3.63) is 0 Å². The van der Waals surface area contributed by atoms with Crippen LogP contribution in [0.3, 0.4) is 0 Å². The second kappa shape index (κ2) is 6.92. The molecular weight excluding hydrogens is 240 g/mol. The molecule has 0 saturated heterocycles. The number of nitrogens with one attached hydrogen (secondary N) is 1. The quantitative estimate of drug-likeness (QED) is 0.523. The standard InChI is InChI=1S/C8H16N2O3S.ClH/c1-8(2,14)6(9)7(13)10-4-3-5(11)12;/h6,14H,3-4,9H2,1-2H3,(H,10,13)(H,11,12);1H/t6-;/m0./s1. The molecule has 0 radical (unpaired) electrons. The number of halogens is 1. The van der Waals surface area contributed by atoms with Gasteiger partial charge in [-0.3, -0.25) is 9.59 Å². The molecule has 90 valence electrons. The van der Waals surface area contributed by atoms with Crippen LogP contribution in [-0.4, -0.2) is 34.3 Å². The molecule has 0 aliphatic rings. The molecule has 0 aliphatic heterocycles. The highest BCUT2D eigenvalue weighted by atomic mass is 35.5. The van der Waals surface area contributed by atoms with Crippen molar-refractivity contribution >= 4 is 36.9 Å². The number of nitrogens with two attached hydrogens (primary N) is 1. The Kier molecular flexibility index (Phi) is 7.82. The van der Waals surface area contributed by atoms with Gasteiger partial charge in [0.1, 0.15) is 0 Å². The van der Waals surface area contributed by atoms with Crippen molar-refractivity contribution in [2.45, 2.75) is 31.1 Å². The Balaban J connectivity index is 0. The van der Waals surface area contributed by atoms with E-state index in [-0.39, 0.29) is 31.3 Å². The van der Waals surface area contributed by atoms with Gasteiger partial charge in [0.05, 0.1) is 12.5 Å². The van der Waals surface area contributed by atoms with Gasteiger partial charge in [0.25, 0.3) is 0 Å². The Morgan fingerprint density at radius 1 is 1.53 bits per heavy atom. The molecule has 4 N–H and O–H groups in total. The van der Waals surface area contributed by atoms with E-state index in [1.54, 1.807) is 13.8 Å². The molecule has 5 nitrogen and oxygen atoms in total. The Bertz CT molecular complexity index is 230. The molecule has 15 heavy (non-hydrogen) atoms. The fraction of sp³-hybridized carbons (Fsp3) is 0.750. The molecule has 0 aromatic carbocycles. The summed E-state index contributed by atoms with van der Waals surface area (Å²) in [7, 11) is 0. The summed E-state index contributed by atoms with van der Waals surface area (Å²) < 4.78 is -0.618. The van der Waals surface area contributed by atoms with Gasteiger partial charge in [0, 0.05) is 11.3 Å². The predicted molar refractivity (Wildman–Crippen MR) is 63.6 cm³/mol. The highest BCUT2D eigenvalue weighted by molar-refractivity contribution is 7.81. The van der Waals surface area contributed by atoms with Crippen LogP contribution in [0, 0.1) is 0 Å². The number of carboxylic acids is 1. The summed E-state index contributed by atoms with van der Waals surface area (Å²) in [4.78, 5) is 21.4. The van der Waals surface area contributed by atoms with Crippen LogP contribution in [0.25, 0.3) is 0 Å². The smallest absolute Gasteiger partial charge is 0.305 e. The fourth-order valence-corrected chi connectivity index (χ4v) is 0.841. The number of hydrogen-bond donors (Lipinski definition) is 4. The van der Waals surface area contributed by atoms with Gasteiger partial charge in [-0.05, 0) is 13.8 Å². The van der Waals surface area contributed by atoms with Crippen molar-refractivity contribution in [3.8, 4) is 0 Å². The molecule has 0 heterocycles. The van der Waals surface area contributed by atoms with Crippen LogP contribution in [0.2, 0.25) is 0 Å². The van der Waals surface area contributed by atoms with Crippen molar-refractivity contribution in [3.63, 3.8) is 0 Å². The molecule has 0 aliphatic carbocycles. The van der Waals surface area contributed by atoms with E-state index >= 15 is 0 Å². The zero-order valence-corrected chi connectivity index (χ0v) is 10.4. The highest BCUT2D eigenvalue weighted by Crippen LogP contribution is 2.15. The van der Waals surface area contributed by atoms with Gasteiger partial charge >= 0.3 is 5.97 Å². The minimum absolute atomic E-state index is 0. The van der Waals surface area contributed by atoms with Gasteiger partial charge in [0.2, 0.25) is 5.91 Å². The first kappa shape index (κ1) is 17.0. The van der Waals surface area contributed by atoms with Crippen LogP contribution in [0.5, 0.6) is 0 Å². The van der Waals surface area contributed by atoms with Crippen LogP contribution >= 0.6 is 25.0 Å². The summed E-state index contributed by atoms with van der Waals surface area (Å²) in [6, 6.07) is -0.750. The Hall–Kier alpha value is -0.460. The minimum Gasteiger partial charge on any atom is -0.481 e. The first-order valence-electron chi connectivity index (χ1n) is 4.22. The summed E-state index contributed by atoms with van der Waals surface area (Å²) in [6.07, 6.45) is -0.106. The maximum absolute atomic E-state index is 11.3. The summed E-state index contributed by atoms with van der Waals surface area (Å²) in [5.41, 5.74) is 5.58. The normalized spacial score (nSPS) is 12.5. The van der Waals surface area contributed by atoms with Crippen molar-refractivity contribution in [2.75, 3.05) is 6.54 Å². The molecule has 0 aromatic heterocycles. The van der Waals surface area contributed by atoms with E-state index < -0.39 is 16.8 Å². The average molecular weight is 257 g/mol. The third-order valence-electron chi connectivity index (χ3n) is 1.68. The predicted octanol–water partition coefficient (Wildman–Crippen LogP) is 0.0348. The minimum atomic E-state index is -0.955. The average Bonchev–Trinajstić information content (AvgIpc) is 2.00. The zero-order valence-electron chi connectivity index (χ0n) is 8.69. The number of hydrogen-bond acceptors (Lipinski definition) is 4. The van der Waals surface area contributed by atoms with E-state index in [0.29, 0.717) is 0 Å². The van der Waals surface area contributed by atoms with Gasteiger partial charge in [-0.2, -0.15) is 12.6 Å². The first-order chi connectivity index (χ1) is 6.25. The Morgan fingerprint density at radius 2 is 2.00 bits per heavy atom. The van der Waals surface area contributed by atoms with E-state index in [9.17, 15) is 9.59 Å². The number of thiol groups is 1. The van der Waals surface area contributed by atoms with Gasteiger partial charge in [0.15, 0.2) is 0 Å². The molecule has 0 fully saturated rings. The summed E-state index contributed by atoms with van der Waals surface area (Å²) in [5.74, 6) is -1.34. The third kappa shape index (κ3) is 7.47. The molecular formula is C8H17ClN2O3S. The largest absolute Gasteiger partial charge is 0.481 e. The monoisotopic (exact) mass is 256 g/mol. The SMILES string of the molecule is CC(C)(S)[C@@H](N)C(=O)NCCC(=O)O.Cl. The number of aliphatic carboxylic acids is 1. The van der Waals surface area contributed by atoms with E-state index in [4.69, 9.17) is 10.8 Å². The van der Waals surface area contributed by atoms with Crippen molar-refractivity contribution < 1.29 is 14.7 Å². The van der Waals surface area contributed by atoms with E-state index in [0.717, 1.165) is 0 Å². The molecule has 0 bridgehead atoms. The van der Waals surface area contributed by atoms with Crippen molar-refractivity contribution in [1.82, 2.24) is 5.32 Å². The third-order valence-corrected chi connectivity index (χ3v) is 1.96. The maximum Gasteiger partial charge on any atom is 0.305 e. The number of carbonyl (C=O) groups is 2. The molecule has 0 spiro atoms. The Labute approximate surface area is 101 Å². The fourth-order valence-electron chi connectivity index (χ4n) is 0.723. The molecule has 1 atom stereocenters. The molecule has 0 saturated carbocycles. The lowest BCUT2D eigenvalue weighted by atomic mass is 10.0. The summed E-state index contributed by atoms with van der Waals surface area (Å²) >= 11 is 4.15. The van der Waals surface area contributed by atoms with Gasteiger partial charge in [-0.25, -0.2) is 0 Å². The number of rotatable bonds is 5. The zero-order chi connectivity index (χ0) is 11.4. The van der Waals surface area contributed by atoms with Crippen LogP contribution < -0.4 is 11.1 Å². The molecule has 0 aromatic rings. The number of carboxylic acid groups (broad SMARTS) is 1. The highest BCUT2D eigenvalue weighted by Gasteiger charge is 2.28. The second-order valence-electron chi connectivity index (χ2n) is 3.57. The first-order valence-corrected chi connectivity index (χ1v) is 4.67. The molecule has 0 rings (SSSR count). The topological polar surface area (TPSA) is 92.4 Å².